The van der Waals surface area contributed by atoms with Crippen molar-refractivity contribution in [1.82, 2.24) is 30.8 Å². The first-order valence-corrected chi connectivity index (χ1v) is 15.5. The molecule has 2 heterocycles. The van der Waals surface area contributed by atoms with Gasteiger partial charge in [-0.05, 0) is 42.4 Å². The number of benzene rings is 2. The van der Waals surface area contributed by atoms with Crippen molar-refractivity contribution in [3.05, 3.63) is 95.7 Å². The van der Waals surface area contributed by atoms with Crippen molar-refractivity contribution >= 4 is 35.9 Å². The lowest BCUT2D eigenvalue weighted by Gasteiger charge is -2.25. The van der Waals surface area contributed by atoms with Crippen molar-refractivity contribution in [1.29, 1.82) is 0 Å². The van der Waals surface area contributed by atoms with Crippen LogP contribution in [0.3, 0.4) is 0 Å². The van der Waals surface area contributed by atoms with Gasteiger partial charge in [0, 0.05) is 24.9 Å². The van der Waals surface area contributed by atoms with Crippen LogP contribution in [0.15, 0.2) is 78.9 Å². The third-order valence-electron chi connectivity index (χ3n) is 7.53. The predicted octanol–water partition coefficient (Wildman–Crippen LogP) is 3.01. The third-order valence-corrected chi connectivity index (χ3v) is 7.53. The second-order valence-electron chi connectivity index (χ2n) is 11.7. The van der Waals surface area contributed by atoms with Gasteiger partial charge in [-0.25, -0.2) is 14.6 Å². The normalized spacial score (nSPS) is 15.9. The Morgan fingerprint density at radius 3 is 2.36 bits per heavy atom. The van der Waals surface area contributed by atoms with E-state index in [1.54, 1.807) is 30.3 Å². The van der Waals surface area contributed by atoms with Gasteiger partial charge in [0.2, 0.25) is 11.8 Å². The van der Waals surface area contributed by atoms with Crippen molar-refractivity contribution in [2.75, 3.05) is 6.54 Å². The molecule has 4 rings (SSSR count). The molecule has 0 bridgehead atoms. The van der Waals surface area contributed by atoms with Gasteiger partial charge < -0.3 is 30.8 Å². The Bertz CT molecular complexity index is 1540. The number of imidazole rings is 1. The summed E-state index contributed by atoms with van der Waals surface area (Å²) in [5, 5.41) is 17.5. The van der Waals surface area contributed by atoms with Gasteiger partial charge in [-0.2, -0.15) is 0 Å². The Morgan fingerprint density at radius 2 is 1.72 bits per heavy atom. The van der Waals surface area contributed by atoms with E-state index in [2.05, 4.69) is 25.9 Å². The summed E-state index contributed by atoms with van der Waals surface area (Å²) >= 11 is 0. The van der Waals surface area contributed by atoms with Crippen LogP contribution in [0.25, 0.3) is 6.08 Å². The van der Waals surface area contributed by atoms with E-state index in [1.165, 1.54) is 23.5 Å². The van der Waals surface area contributed by atoms with Gasteiger partial charge in [0.05, 0.1) is 6.33 Å². The molecule has 1 aliphatic heterocycles. The molecule has 0 unspecified atom stereocenters. The minimum absolute atomic E-state index is 0.0153. The molecule has 47 heavy (non-hydrogen) atoms. The maximum Gasteiger partial charge on any atom is 0.410 e. The summed E-state index contributed by atoms with van der Waals surface area (Å²) in [6, 6.07) is 14.7. The second kappa shape index (κ2) is 16.7. The number of carboxylic acids is 1. The SMILES string of the molecule is CC(C)C[C@H](NC(=O)[C@H](Cc1cnc[nH]1)NC(=O)C(=Cc1ccccc1)NC(=O)[C@@H]1CCCN1C(=O)OCc1ccccc1)C(=O)O. The van der Waals surface area contributed by atoms with E-state index in [4.69, 9.17) is 4.74 Å². The van der Waals surface area contributed by atoms with E-state index < -0.39 is 47.9 Å². The zero-order chi connectivity index (χ0) is 33.8. The Morgan fingerprint density at radius 1 is 1.02 bits per heavy atom. The fourth-order valence-electron chi connectivity index (χ4n) is 5.18. The van der Waals surface area contributed by atoms with Crippen LogP contribution in [-0.2, 0) is 36.9 Å². The van der Waals surface area contributed by atoms with Gasteiger partial charge in [-0.1, -0.05) is 74.5 Å². The highest BCUT2D eigenvalue weighted by molar-refractivity contribution is 6.04. The summed E-state index contributed by atoms with van der Waals surface area (Å²) in [4.78, 5) is 73.8. The molecule has 2 aromatic carbocycles. The Labute approximate surface area is 272 Å². The minimum atomic E-state index is -1.22. The van der Waals surface area contributed by atoms with E-state index in [0.29, 0.717) is 30.6 Å². The van der Waals surface area contributed by atoms with Crippen LogP contribution in [0.1, 0.15) is 49.9 Å². The lowest BCUT2D eigenvalue weighted by molar-refractivity contribution is -0.142. The van der Waals surface area contributed by atoms with Crippen molar-refractivity contribution in [3.63, 3.8) is 0 Å². The van der Waals surface area contributed by atoms with Gasteiger partial charge >= 0.3 is 12.1 Å². The molecule has 1 aliphatic rings. The first kappa shape index (κ1) is 34.4. The molecule has 5 N–H and O–H groups in total. The molecule has 1 saturated heterocycles. The van der Waals surface area contributed by atoms with Crippen LogP contribution in [0.2, 0.25) is 0 Å². The number of rotatable bonds is 14. The molecule has 248 valence electrons. The van der Waals surface area contributed by atoms with Gasteiger partial charge in [0.25, 0.3) is 5.91 Å². The maximum atomic E-state index is 13.8. The van der Waals surface area contributed by atoms with Crippen LogP contribution >= 0.6 is 0 Å². The number of hydrogen-bond donors (Lipinski definition) is 5. The maximum absolute atomic E-state index is 13.8. The molecule has 0 saturated carbocycles. The first-order chi connectivity index (χ1) is 22.6. The number of aromatic nitrogens is 2. The van der Waals surface area contributed by atoms with E-state index in [-0.39, 0.29) is 31.1 Å². The summed E-state index contributed by atoms with van der Waals surface area (Å²) in [5.41, 5.74) is 1.76. The van der Waals surface area contributed by atoms with E-state index in [1.807, 2.05) is 44.2 Å². The summed E-state index contributed by atoms with van der Waals surface area (Å²) in [5.74, 6) is -3.30. The molecular formula is C34H40N6O7. The number of amides is 4. The van der Waals surface area contributed by atoms with Gasteiger partial charge in [0.15, 0.2) is 0 Å². The number of ether oxygens (including phenoxy) is 1. The molecule has 3 aromatic rings. The molecule has 0 aliphatic carbocycles. The highest BCUT2D eigenvalue weighted by Crippen LogP contribution is 2.20. The number of nitrogens with zero attached hydrogens (tertiary/aromatic N) is 2. The van der Waals surface area contributed by atoms with E-state index in [0.717, 1.165) is 5.56 Å². The second-order valence-corrected chi connectivity index (χ2v) is 11.7. The first-order valence-electron chi connectivity index (χ1n) is 15.5. The topological polar surface area (TPSA) is 183 Å². The highest BCUT2D eigenvalue weighted by Gasteiger charge is 2.36. The third kappa shape index (κ3) is 10.3. The molecular weight excluding hydrogens is 604 g/mol. The standard InChI is InChI=1S/C34H40N6O7/c1-22(2)16-28(33(44)45)39-31(42)27(18-25-19-35-21-36-25)37-30(41)26(17-23-10-5-3-6-11-23)38-32(43)29-14-9-15-40(29)34(46)47-20-24-12-7-4-8-13-24/h3-8,10-13,17,19,21-22,27-29H,9,14-16,18,20H2,1-2H3,(H,35,36)(H,37,41)(H,38,43)(H,39,42)(H,44,45)/t27-,28-,29-/m0/s1. The number of hydrogen-bond acceptors (Lipinski definition) is 7. The highest BCUT2D eigenvalue weighted by atomic mass is 16.6. The van der Waals surface area contributed by atoms with E-state index >= 15 is 0 Å². The van der Waals surface area contributed by atoms with Crippen LogP contribution in [0.5, 0.6) is 0 Å². The van der Waals surface area contributed by atoms with Gasteiger partial charge in [-0.15, -0.1) is 0 Å². The quantitative estimate of drug-likeness (QED) is 0.166. The van der Waals surface area contributed by atoms with Crippen LogP contribution in [0, 0.1) is 5.92 Å². The Kier molecular flexibility index (Phi) is 12.3. The lowest BCUT2D eigenvalue weighted by Crippen LogP contribution is -2.54. The van der Waals surface area contributed by atoms with Crippen LogP contribution in [0.4, 0.5) is 4.79 Å². The van der Waals surface area contributed by atoms with Crippen molar-refractivity contribution in [3.8, 4) is 0 Å². The number of likely N-dealkylation sites (tertiary alicyclic amines) is 1. The average molecular weight is 645 g/mol. The van der Waals surface area contributed by atoms with Crippen molar-refractivity contribution in [2.24, 2.45) is 5.92 Å². The lowest BCUT2D eigenvalue weighted by atomic mass is 10.0. The molecule has 4 amide bonds. The molecule has 1 aromatic heterocycles. The monoisotopic (exact) mass is 644 g/mol. The zero-order valence-corrected chi connectivity index (χ0v) is 26.3. The number of aliphatic carboxylic acids is 1. The molecule has 13 nitrogen and oxygen atoms in total. The largest absolute Gasteiger partial charge is 0.480 e. The molecule has 1 fully saturated rings. The van der Waals surface area contributed by atoms with E-state index in [9.17, 15) is 29.1 Å². The number of carbonyl (C=O) groups excluding carboxylic acids is 4. The number of H-pyrrole nitrogens is 1. The van der Waals surface area contributed by atoms with Gasteiger partial charge in [-0.3, -0.25) is 19.3 Å². The summed E-state index contributed by atoms with van der Waals surface area (Å²) in [7, 11) is 0. The molecule has 3 atom stereocenters. The smallest absolute Gasteiger partial charge is 0.410 e. The molecule has 0 radical (unpaired) electrons. The fourth-order valence-corrected chi connectivity index (χ4v) is 5.18. The number of carbonyl (C=O) groups is 5. The average Bonchev–Trinajstić information content (AvgIpc) is 3.76. The summed E-state index contributed by atoms with van der Waals surface area (Å²) in [6.07, 6.45) is 4.82. The van der Waals surface area contributed by atoms with Crippen molar-refractivity contribution in [2.45, 2.75) is 64.3 Å². The molecule has 0 spiro atoms. The Balaban J connectivity index is 1.53. The van der Waals surface area contributed by atoms with Crippen molar-refractivity contribution < 1.29 is 33.8 Å². The zero-order valence-electron chi connectivity index (χ0n) is 26.3. The Hall–Kier alpha value is -5.46. The minimum Gasteiger partial charge on any atom is -0.480 e. The fraction of sp³-hybridized carbons (Fsp3) is 0.353. The number of nitrogens with one attached hydrogen (secondary N) is 4. The number of aromatic amines is 1. The predicted molar refractivity (Wildman–Crippen MR) is 172 cm³/mol. The van der Waals surface area contributed by atoms with Crippen LogP contribution < -0.4 is 16.0 Å². The summed E-state index contributed by atoms with van der Waals surface area (Å²) < 4.78 is 5.46. The van der Waals surface area contributed by atoms with Crippen LogP contribution in [-0.4, -0.2) is 74.4 Å². The summed E-state index contributed by atoms with van der Waals surface area (Å²) in [6.45, 7) is 4.03. The number of carboxylic acid groups (broad SMARTS) is 1. The molecule has 13 heteroatoms. The van der Waals surface area contributed by atoms with Gasteiger partial charge in [0.1, 0.15) is 30.4 Å².